The molecule has 0 saturated carbocycles. The van der Waals surface area contributed by atoms with Gasteiger partial charge in [0, 0.05) is 30.0 Å². The first-order valence-corrected chi connectivity index (χ1v) is 9.21. The fourth-order valence-corrected chi connectivity index (χ4v) is 3.60. The highest BCUT2D eigenvalue weighted by atomic mass is 15.3. The van der Waals surface area contributed by atoms with E-state index in [9.17, 15) is 0 Å². The van der Waals surface area contributed by atoms with Gasteiger partial charge >= 0.3 is 0 Å². The Hall–Kier alpha value is -2.88. The molecule has 2 aromatic carbocycles. The van der Waals surface area contributed by atoms with Gasteiger partial charge in [-0.15, -0.1) is 0 Å². The molecule has 0 bridgehead atoms. The first-order valence-electron chi connectivity index (χ1n) is 9.21. The molecule has 4 heteroatoms. The summed E-state index contributed by atoms with van der Waals surface area (Å²) >= 11 is 0. The maximum atomic E-state index is 4.80. The second-order valence-corrected chi connectivity index (χ2v) is 6.91. The van der Waals surface area contributed by atoms with Crippen molar-refractivity contribution in [3.63, 3.8) is 0 Å². The number of para-hydroxylation sites is 1. The van der Waals surface area contributed by atoms with Crippen molar-refractivity contribution in [1.82, 2.24) is 9.97 Å². The molecule has 132 valence electrons. The molecule has 1 aliphatic heterocycles. The highest BCUT2D eigenvalue weighted by Gasteiger charge is 2.28. The molecular weight excluding hydrogens is 320 g/mol. The lowest BCUT2D eigenvalue weighted by atomic mass is 10.1. The quantitative estimate of drug-likeness (QED) is 0.739. The zero-order chi connectivity index (χ0) is 17.9. The Bertz CT molecular complexity index is 892. The lowest BCUT2D eigenvalue weighted by Crippen LogP contribution is -2.26. The number of hydrogen-bond donors (Lipinski definition) is 1. The van der Waals surface area contributed by atoms with Crippen molar-refractivity contribution in [1.29, 1.82) is 0 Å². The third-order valence-corrected chi connectivity index (χ3v) is 4.83. The Morgan fingerprint density at radius 2 is 1.81 bits per heavy atom. The van der Waals surface area contributed by atoms with Crippen molar-refractivity contribution < 1.29 is 0 Å². The van der Waals surface area contributed by atoms with E-state index >= 15 is 0 Å². The fraction of sp³-hybridized carbons (Fsp3) is 0.273. The van der Waals surface area contributed by atoms with Crippen molar-refractivity contribution in [2.24, 2.45) is 0 Å². The van der Waals surface area contributed by atoms with Gasteiger partial charge < -0.3 is 10.2 Å². The molecule has 3 aromatic rings. The zero-order valence-electron chi connectivity index (χ0n) is 15.3. The highest BCUT2D eigenvalue weighted by Crippen LogP contribution is 2.36. The number of aromatic nitrogens is 2. The van der Waals surface area contributed by atoms with E-state index in [1.54, 1.807) is 0 Å². The van der Waals surface area contributed by atoms with E-state index in [-0.39, 0.29) is 0 Å². The van der Waals surface area contributed by atoms with Crippen LogP contribution in [0, 0.1) is 6.92 Å². The topological polar surface area (TPSA) is 41.1 Å². The first-order chi connectivity index (χ1) is 12.7. The summed E-state index contributed by atoms with van der Waals surface area (Å²) in [6.07, 6.45) is 2.01. The third-order valence-electron chi connectivity index (χ3n) is 4.83. The van der Waals surface area contributed by atoms with Gasteiger partial charge in [-0.3, -0.25) is 0 Å². The van der Waals surface area contributed by atoms with Gasteiger partial charge in [0.25, 0.3) is 0 Å². The molecule has 4 nitrogen and oxygen atoms in total. The number of benzene rings is 2. The van der Waals surface area contributed by atoms with Crippen molar-refractivity contribution in [2.75, 3.05) is 16.8 Å². The van der Waals surface area contributed by atoms with E-state index < -0.39 is 0 Å². The van der Waals surface area contributed by atoms with Crippen LogP contribution < -0.4 is 10.2 Å². The molecule has 0 saturated heterocycles. The maximum absolute atomic E-state index is 4.80. The number of nitrogens with one attached hydrogen (secondary N) is 1. The summed E-state index contributed by atoms with van der Waals surface area (Å²) in [6.45, 7) is 5.11. The molecule has 0 spiro atoms. The van der Waals surface area contributed by atoms with Crippen LogP contribution in [0.2, 0.25) is 0 Å². The largest absolute Gasteiger partial charge is 0.370 e. The molecule has 1 aliphatic rings. The average Bonchev–Trinajstić information content (AvgIpc) is 2.98. The number of fused-ring (bicyclic) bond motifs is 1. The molecule has 1 atom stereocenters. The summed E-state index contributed by atoms with van der Waals surface area (Å²) in [5.74, 6) is 1.67. The normalized spacial score (nSPS) is 15.8. The molecule has 26 heavy (non-hydrogen) atoms. The third kappa shape index (κ3) is 3.40. The molecule has 4 rings (SSSR count). The monoisotopic (exact) mass is 344 g/mol. The average molecular weight is 344 g/mol. The minimum atomic E-state index is 0.367. The predicted molar refractivity (Wildman–Crippen MR) is 107 cm³/mol. The molecular formula is C22H24N4. The Labute approximate surface area is 154 Å². The molecule has 0 fully saturated rings. The number of rotatable bonds is 5. The van der Waals surface area contributed by atoms with Crippen LogP contribution in [0.1, 0.15) is 23.7 Å². The second kappa shape index (κ2) is 7.16. The van der Waals surface area contributed by atoms with Crippen LogP contribution in [0.4, 0.5) is 17.5 Å². The molecule has 0 aliphatic carbocycles. The van der Waals surface area contributed by atoms with Gasteiger partial charge in [0.1, 0.15) is 5.82 Å². The van der Waals surface area contributed by atoms with Gasteiger partial charge in [-0.05, 0) is 43.9 Å². The number of aryl methyl sites for hydroxylation is 1. The van der Waals surface area contributed by atoms with Crippen LogP contribution in [0.25, 0.3) is 0 Å². The van der Waals surface area contributed by atoms with Crippen molar-refractivity contribution in [3.8, 4) is 0 Å². The summed E-state index contributed by atoms with van der Waals surface area (Å²) in [5.41, 5.74) is 4.89. The highest BCUT2D eigenvalue weighted by molar-refractivity contribution is 5.67. The molecule has 0 amide bonds. The lowest BCUT2D eigenvalue weighted by Gasteiger charge is -2.23. The van der Waals surface area contributed by atoms with Crippen LogP contribution in [0.5, 0.6) is 0 Å². The fourth-order valence-electron chi connectivity index (χ4n) is 3.60. The summed E-state index contributed by atoms with van der Waals surface area (Å²) < 4.78 is 0. The SMILES string of the molecule is Cc1cc(NCCc2ccccc2)nc(N2c3ccccc3CC2C)n1. The van der Waals surface area contributed by atoms with Crippen LogP contribution in [0.3, 0.4) is 0 Å². The van der Waals surface area contributed by atoms with Crippen LogP contribution in [-0.2, 0) is 12.8 Å². The van der Waals surface area contributed by atoms with E-state index in [0.29, 0.717) is 6.04 Å². The number of nitrogens with zero attached hydrogens (tertiary/aromatic N) is 3. The molecule has 2 heterocycles. The summed E-state index contributed by atoms with van der Waals surface area (Å²) in [5, 5.41) is 3.46. The Balaban J connectivity index is 1.53. The van der Waals surface area contributed by atoms with E-state index in [1.165, 1.54) is 16.8 Å². The van der Waals surface area contributed by atoms with Crippen molar-refractivity contribution in [3.05, 3.63) is 77.5 Å². The number of hydrogen-bond acceptors (Lipinski definition) is 4. The summed E-state index contributed by atoms with van der Waals surface area (Å²) in [4.78, 5) is 11.8. The van der Waals surface area contributed by atoms with Gasteiger partial charge in [-0.1, -0.05) is 48.5 Å². The first kappa shape index (κ1) is 16.6. The molecule has 1 aromatic heterocycles. The van der Waals surface area contributed by atoms with E-state index in [2.05, 4.69) is 65.7 Å². The Kier molecular flexibility index (Phi) is 4.57. The van der Waals surface area contributed by atoms with Gasteiger partial charge in [-0.2, -0.15) is 4.98 Å². The Morgan fingerprint density at radius 3 is 2.65 bits per heavy atom. The standard InChI is InChI=1S/C22H24N4/c1-16-14-21(23-13-12-18-8-4-3-5-9-18)25-22(24-16)26-17(2)15-19-10-6-7-11-20(19)26/h3-11,14,17H,12-13,15H2,1-2H3,(H,23,24,25). The molecule has 0 radical (unpaired) electrons. The van der Waals surface area contributed by atoms with Gasteiger partial charge in [-0.25, -0.2) is 4.98 Å². The van der Waals surface area contributed by atoms with Gasteiger partial charge in [0.2, 0.25) is 5.95 Å². The maximum Gasteiger partial charge on any atom is 0.232 e. The zero-order valence-corrected chi connectivity index (χ0v) is 15.3. The van der Waals surface area contributed by atoms with E-state index in [0.717, 1.165) is 36.8 Å². The summed E-state index contributed by atoms with van der Waals surface area (Å²) in [6, 6.07) is 21.4. The van der Waals surface area contributed by atoms with Crippen LogP contribution >= 0.6 is 0 Å². The van der Waals surface area contributed by atoms with E-state index in [1.807, 2.05) is 19.1 Å². The summed E-state index contributed by atoms with van der Waals surface area (Å²) in [7, 11) is 0. The van der Waals surface area contributed by atoms with E-state index in [4.69, 9.17) is 9.97 Å². The van der Waals surface area contributed by atoms with Crippen LogP contribution in [0.15, 0.2) is 60.7 Å². The van der Waals surface area contributed by atoms with Gasteiger partial charge in [0.05, 0.1) is 0 Å². The van der Waals surface area contributed by atoms with Crippen LogP contribution in [-0.4, -0.2) is 22.6 Å². The van der Waals surface area contributed by atoms with Gasteiger partial charge in [0.15, 0.2) is 0 Å². The minimum absolute atomic E-state index is 0.367. The van der Waals surface area contributed by atoms with Crippen molar-refractivity contribution >= 4 is 17.5 Å². The predicted octanol–water partition coefficient (Wildman–Crippen LogP) is 4.52. The van der Waals surface area contributed by atoms with Crippen molar-refractivity contribution in [2.45, 2.75) is 32.7 Å². The second-order valence-electron chi connectivity index (χ2n) is 6.91. The minimum Gasteiger partial charge on any atom is -0.370 e. The molecule has 1 N–H and O–H groups in total. The number of anilines is 3. The smallest absolute Gasteiger partial charge is 0.232 e. The Morgan fingerprint density at radius 1 is 1.04 bits per heavy atom. The lowest BCUT2D eigenvalue weighted by molar-refractivity contribution is 0.738. The molecule has 1 unspecified atom stereocenters.